The molecule has 0 aliphatic rings. The van der Waals surface area contributed by atoms with Gasteiger partial charge in [-0.05, 0) is 20.4 Å². The summed E-state index contributed by atoms with van der Waals surface area (Å²) in [5.41, 5.74) is 2.05. The van der Waals surface area contributed by atoms with E-state index in [1.54, 1.807) is 18.9 Å². The molecule has 0 rings (SSSR count). The molecular weight excluding hydrogens is 196 g/mol. The van der Waals surface area contributed by atoms with Crippen LogP contribution in [0, 0.1) is 0 Å². The van der Waals surface area contributed by atoms with Crippen molar-refractivity contribution in [1.82, 2.24) is 15.6 Å². The molecule has 4 N–H and O–H groups in total. The van der Waals surface area contributed by atoms with Crippen molar-refractivity contribution < 1.29 is 9.59 Å². The Bertz CT molecular complexity index is 220. The Kier molecular flexibility index (Phi) is 6.64. The topological polar surface area (TPSA) is 87.5 Å². The monoisotopic (exact) mass is 216 g/mol. The number of nitrogens with one attached hydrogen (secondary N) is 2. The molecule has 15 heavy (non-hydrogen) atoms. The number of nitrogens with zero attached hydrogens (tertiary/aromatic N) is 1. The van der Waals surface area contributed by atoms with E-state index in [1.165, 1.54) is 0 Å². The standard InChI is InChI=1S/C9H20N4O2/c1-4-5-11-8(14)6-13(3)7(2)9(15)12-10/h7H,4-6,10H2,1-3H3,(H,11,14)(H,12,15). The summed E-state index contributed by atoms with van der Waals surface area (Å²) in [6.07, 6.45) is 0.897. The number of rotatable bonds is 6. The average Bonchev–Trinajstić information content (AvgIpc) is 2.23. The minimum atomic E-state index is -0.414. The zero-order valence-electron chi connectivity index (χ0n) is 9.54. The highest BCUT2D eigenvalue weighted by Gasteiger charge is 2.18. The highest BCUT2D eigenvalue weighted by molar-refractivity contribution is 5.82. The van der Waals surface area contributed by atoms with Crippen LogP contribution in [0.15, 0.2) is 0 Å². The van der Waals surface area contributed by atoms with Gasteiger partial charge in [-0.25, -0.2) is 5.84 Å². The molecule has 88 valence electrons. The van der Waals surface area contributed by atoms with E-state index in [9.17, 15) is 9.59 Å². The number of amides is 2. The zero-order valence-corrected chi connectivity index (χ0v) is 9.54. The Balaban J connectivity index is 3.95. The van der Waals surface area contributed by atoms with Crippen LogP contribution in [0.4, 0.5) is 0 Å². The second-order valence-corrected chi connectivity index (χ2v) is 3.45. The van der Waals surface area contributed by atoms with Crippen molar-refractivity contribution in [3.63, 3.8) is 0 Å². The Labute approximate surface area is 90.2 Å². The number of hydrazine groups is 1. The number of carbonyl (C=O) groups is 2. The number of hydrogen-bond acceptors (Lipinski definition) is 4. The number of nitrogens with two attached hydrogens (primary N) is 1. The molecule has 0 saturated carbocycles. The summed E-state index contributed by atoms with van der Waals surface area (Å²) in [7, 11) is 1.70. The molecule has 6 heteroatoms. The van der Waals surface area contributed by atoms with E-state index in [0.717, 1.165) is 6.42 Å². The van der Waals surface area contributed by atoms with Gasteiger partial charge in [0.2, 0.25) is 5.91 Å². The van der Waals surface area contributed by atoms with E-state index >= 15 is 0 Å². The predicted molar refractivity (Wildman–Crippen MR) is 57.7 cm³/mol. The lowest BCUT2D eigenvalue weighted by molar-refractivity contribution is -0.127. The van der Waals surface area contributed by atoms with Crippen LogP contribution in [0.2, 0.25) is 0 Å². The van der Waals surface area contributed by atoms with Gasteiger partial charge >= 0.3 is 0 Å². The maximum atomic E-state index is 11.3. The first kappa shape index (κ1) is 13.9. The fourth-order valence-electron chi connectivity index (χ4n) is 1.00. The fourth-order valence-corrected chi connectivity index (χ4v) is 1.00. The molecule has 0 saturated heterocycles. The zero-order chi connectivity index (χ0) is 11.8. The fraction of sp³-hybridized carbons (Fsp3) is 0.778. The lowest BCUT2D eigenvalue weighted by Crippen LogP contribution is -2.48. The SMILES string of the molecule is CCCNC(=O)CN(C)C(C)C(=O)NN. The van der Waals surface area contributed by atoms with Gasteiger partial charge in [-0.1, -0.05) is 6.92 Å². The quantitative estimate of drug-likeness (QED) is 0.296. The van der Waals surface area contributed by atoms with Gasteiger partial charge < -0.3 is 5.32 Å². The highest BCUT2D eigenvalue weighted by atomic mass is 16.2. The van der Waals surface area contributed by atoms with Crippen molar-refractivity contribution in [2.75, 3.05) is 20.1 Å². The summed E-state index contributed by atoms with van der Waals surface area (Å²) in [5, 5.41) is 2.73. The summed E-state index contributed by atoms with van der Waals surface area (Å²) >= 11 is 0. The van der Waals surface area contributed by atoms with Crippen molar-refractivity contribution in [3.05, 3.63) is 0 Å². The molecule has 2 amide bonds. The van der Waals surface area contributed by atoms with E-state index in [-0.39, 0.29) is 18.4 Å². The number of carbonyl (C=O) groups excluding carboxylic acids is 2. The van der Waals surface area contributed by atoms with Crippen LogP contribution in [-0.2, 0) is 9.59 Å². The van der Waals surface area contributed by atoms with E-state index in [2.05, 4.69) is 5.32 Å². The highest BCUT2D eigenvalue weighted by Crippen LogP contribution is 1.94. The third-order valence-electron chi connectivity index (χ3n) is 2.15. The number of hydrogen-bond donors (Lipinski definition) is 3. The summed E-state index contributed by atoms with van der Waals surface area (Å²) in [5.74, 6) is 4.60. The van der Waals surface area contributed by atoms with E-state index in [0.29, 0.717) is 6.54 Å². The summed E-state index contributed by atoms with van der Waals surface area (Å²) in [6, 6.07) is -0.414. The lowest BCUT2D eigenvalue weighted by Gasteiger charge is -2.22. The minimum absolute atomic E-state index is 0.0870. The first-order valence-electron chi connectivity index (χ1n) is 5.00. The molecular formula is C9H20N4O2. The Morgan fingerprint density at radius 2 is 2.07 bits per heavy atom. The van der Waals surface area contributed by atoms with Crippen LogP contribution in [-0.4, -0.2) is 42.9 Å². The van der Waals surface area contributed by atoms with E-state index in [4.69, 9.17) is 5.84 Å². The van der Waals surface area contributed by atoms with Gasteiger partial charge in [0.25, 0.3) is 5.91 Å². The Hall–Kier alpha value is -1.14. The molecule has 0 bridgehead atoms. The molecule has 0 radical (unpaired) electrons. The van der Waals surface area contributed by atoms with Gasteiger partial charge in [0.15, 0.2) is 0 Å². The first-order valence-corrected chi connectivity index (χ1v) is 5.00. The molecule has 0 heterocycles. The molecule has 6 nitrogen and oxygen atoms in total. The molecule has 0 aromatic carbocycles. The third kappa shape index (κ3) is 5.34. The van der Waals surface area contributed by atoms with Crippen LogP contribution in [0.25, 0.3) is 0 Å². The van der Waals surface area contributed by atoms with Crippen LogP contribution in [0.1, 0.15) is 20.3 Å². The summed E-state index contributed by atoms with van der Waals surface area (Å²) in [4.78, 5) is 24.1. The van der Waals surface area contributed by atoms with Crippen molar-refractivity contribution >= 4 is 11.8 Å². The Morgan fingerprint density at radius 1 is 1.47 bits per heavy atom. The molecule has 0 aliphatic heterocycles. The number of likely N-dealkylation sites (N-methyl/N-ethyl adjacent to an activating group) is 1. The van der Waals surface area contributed by atoms with Crippen LogP contribution >= 0.6 is 0 Å². The van der Waals surface area contributed by atoms with Crippen LogP contribution in [0.3, 0.4) is 0 Å². The summed E-state index contributed by atoms with van der Waals surface area (Å²) in [6.45, 7) is 4.52. The maximum Gasteiger partial charge on any atom is 0.250 e. The Morgan fingerprint density at radius 3 is 2.53 bits per heavy atom. The van der Waals surface area contributed by atoms with Gasteiger partial charge in [-0.15, -0.1) is 0 Å². The van der Waals surface area contributed by atoms with Gasteiger partial charge in [-0.2, -0.15) is 0 Å². The van der Waals surface area contributed by atoms with Crippen molar-refractivity contribution in [2.45, 2.75) is 26.3 Å². The lowest BCUT2D eigenvalue weighted by atomic mass is 10.3. The predicted octanol–water partition coefficient (Wildman–Crippen LogP) is -1.18. The van der Waals surface area contributed by atoms with Crippen LogP contribution in [0.5, 0.6) is 0 Å². The second-order valence-electron chi connectivity index (χ2n) is 3.45. The molecule has 0 aromatic heterocycles. The first-order chi connectivity index (χ1) is 7.02. The minimum Gasteiger partial charge on any atom is -0.355 e. The van der Waals surface area contributed by atoms with E-state index < -0.39 is 6.04 Å². The smallest absolute Gasteiger partial charge is 0.250 e. The van der Waals surface area contributed by atoms with Gasteiger partial charge in [0.1, 0.15) is 0 Å². The van der Waals surface area contributed by atoms with Crippen molar-refractivity contribution in [3.8, 4) is 0 Å². The largest absolute Gasteiger partial charge is 0.355 e. The maximum absolute atomic E-state index is 11.3. The molecule has 0 aromatic rings. The molecule has 1 unspecified atom stereocenters. The van der Waals surface area contributed by atoms with Crippen molar-refractivity contribution in [2.24, 2.45) is 5.84 Å². The molecule has 0 aliphatic carbocycles. The van der Waals surface area contributed by atoms with Crippen molar-refractivity contribution in [1.29, 1.82) is 0 Å². The molecule has 0 fully saturated rings. The van der Waals surface area contributed by atoms with Crippen LogP contribution < -0.4 is 16.6 Å². The van der Waals surface area contributed by atoms with E-state index in [1.807, 2.05) is 12.3 Å². The second kappa shape index (κ2) is 7.19. The third-order valence-corrected chi connectivity index (χ3v) is 2.15. The molecule has 0 spiro atoms. The van der Waals surface area contributed by atoms with Gasteiger partial charge in [-0.3, -0.25) is 19.9 Å². The normalized spacial score (nSPS) is 12.3. The average molecular weight is 216 g/mol. The molecule has 1 atom stereocenters. The van der Waals surface area contributed by atoms with Gasteiger partial charge in [0, 0.05) is 6.54 Å². The summed E-state index contributed by atoms with van der Waals surface area (Å²) < 4.78 is 0. The van der Waals surface area contributed by atoms with Gasteiger partial charge in [0.05, 0.1) is 12.6 Å².